The van der Waals surface area contributed by atoms with E-state index >= 15 is 0 Å². The van der Waals surface area contributed by atoms with Crippen LogP contribution in [0.1, 0.15) is 60.3 Å². The Morgan fingerprint density at radius 3 is 2.17 bits per heavy atom. The van der Waals surface area contributed by atoms with Crippen molar-refractivity contribution in [2.24, 2.45) is 16.8 Å². The molecule has 0 saturated heterocycles. The summed E-state index contributed by atoms with van der Waals surface area (Å²) in [5.41, 5.74) is -0.203. The molecule has 6 heteroatoms. The van der Waals surface area contributed by atoms with Crippen LogP contribution in [0.3, 0.4) is 0 Å². The third-order valence-corrected chi connectivity index (χ3v) is 4.21. The van der Waals surface area contributed by atoms with Gasteiger partial charge in [0.15, 0.2) is 5.96 Å². The summed E-state index contributed by atoms with van der Waals surface area (Å²) < 4.78 is 0. The molecule has 0 aromatic carbocycles. The van der Waals surface area contributed by atoms with Crippen molar-refractivity contribution in [3.05, 3.63) is 0 Å². The molecule has 0 unspecified atom stereocenters. The molecule has 0 heterocycles. The molecule has 5 nitrogen and oxygen atoms in total. The summed E-state index contributed by atoms with van der Waals surface area (Å²) in [5.74, 6) is 2.33. The Morgan fingerprint density at radius 2 is 1.74 bits per heavy atom. The van der Waals surface area contributed by atoms with Gasteiger partial charge in [-0.05, 0) is 58.3 Å². The van der Waals surface area contributed by atoms with Crippen LogP contribution in [0.5, 0.6) is 0 Å². The second kappa shape index (κ2) is 10.4. The fourth-order valence-corrected chi connectivity index (χ4v) is 2.94. The maximum atomic E-state index is 11.8. The van der Waals surface area contributed by atoms with Crippen LogP contribution in [0.2, 0.25) is 0 Å². The van der Waals surface area contributed by atoms with Gasteiger partial charge in [0.1, 0.15) is 0 Å². The Morgan fingerprint density at radius 1 is 1.17 bits per heavy atom. The van der Waals surface area contributed by atoms with Gasteiger partial charge in [0.05, 0.1) is 6.54 Å². The molecule has 1 aliphatic carbocycles. The van der Waals surface area contributed by atoms with E-state index in [9.17, 15) is 4.79 Å². The number of amides is 1. The second-order valence-corrected chi connectivity index (χ2v) is 7.72. The summed E-state index contributed by atoms with van der Waals surface area (Å²) in [6.45, 7) is 10.8. The topological polar surface area (TPSA) is 65.5 Å². The van der Waals surface area contributed by atoms with Crippen LogP contribution >= 0.6 is 24.0 Å². The minimum atomic E-state index is -0.203. The van der Waals surface area contributed by atoms with Gasteiger partial charge in [-0.15, -0.1) is 24.0 Å². The van der Waals surface area contributed by atoms with E-state index in [4.69, 9.17) is 0 Å². The van der Waals surface area contributed by atoms with Gasteiger partial charge in [-0.3, -0.25) is 9.79 Å². The second-order valence-electron chi connectivity index (χ2n) is 7.72. The summed E-state index contributed by atoms with van der Waals surface area (Å²) in [6, 6.07) is 0.465. The van der Waals surface area contributed by atoms with Crippen LogP contribution in [-0.4, -0.2) is 37.0 Å². The highest BCUT2D eigenvalue weighted by molar-refractivity contribution is 14.0. The van der Waals surface area contributed by atoms with E-state index in [-0.39, 0.29) is 42.0 Å². The van der Waals surface area contributed by atoms with Crippen molar-refractivity contribution in [2.75, 3.05) is 13.6 Å². The first kappa shape index (κ1) is 22.5. The predicted molar refractivity (Wildman–Crippen MR) is 108 cm³/mol. The lowest BCUT2D eigenvalue weighted by Crippen LogP contribution is -2.50. The number of carbonyl (C=O) groups is 1. The molecule has 0 radical (unpaired) electrons. The van der Waals surface area contributed by atoms with Crippen LogP contribution in [0.4, 0.5) is 0 Å². The van der Waals surface area contributed by atoms with Gasteiger partial charge >= 0.3 is 0 Å². The van der Waals surface area contributed by atoms with Crippen LogP contribution < -0.4 is 16.0 Å². The Bertz CT molecular complexity index is 383. The largest absolute Gasteiger partial charge is 0.354 e. The number of halogens is 1. The number of aliphatic imine (C=N–C) groups is 1. The molecule has 0 atom stereocenters. The third-order valence-electron chi connectivity index (χ3n) is 4.21. The molecular weight excluding hydrogens is 403 g/mol. The highest BCUT2D eigenvalue weighted by Gasteiger charge is 2.23. The lowest BCUT2D eigenvalue weighted by Gasteiger charge is -2.32. The summed E-state index contributed by atoms with van der Waals surface area (Å²) in [5, 5.41) is 9.48. The van der Waals surface area contributed by atoms with Crippen LogP contribution in [0.25, 0.3) is 0 Å². The van der Waals surface area contributed by atoms with Crippen LogP contribution in [0, 0.1) is 11.8 Å². The summed E-state index contributed by atoms with van der Waals surface area (Å²) in [4.78, 5) is 16.1. The number of nitrogens with one attached hydrogen (secondary N) is 3. The van der Waals surface area contributed by atoms with E-state index in [0.29, 0.717) is 6.04 Å². The van der Waals surface area contributed by atoms with Gasteiger partial charge in [0.2, 0.25) is 5.91 Å². The Kier molecular flexibility index (Phi) is 10.1. The minimum Gasteiger partial charge on any atom is -0.354 e. The fraction of sp³-hybridized carbons (Fsp3) is 0.882. The van der Waals surface area contributed by atoms with E-state index in [0.717, 1.165) is 17.8 Å². The zero-order valence-electron chi connectivity index (χ0n) is 15.5. The molecule has 23 heavy (non-hydrogen) atoms. The van der Waals surface area contributed by atoms with E-state index in [2.05, 4.69) is 34.8 Å². The van der Waals surface area contributed by atoms with Crippen molar-refractivity contribution in [2.45, 2.75) is 71.9 Å². The molecular formula is C17H35IN4O. The van der Waals surface area contributed by atoms with E-state index in [1.165, 1.54) is 25.7 Å². The van der Waals surface area contributed by atoms with Crippen molar-refractivity contribution in [3.8, 4) is 0 Å². The maximum Gasteiger partial charge on any atom is 0.239 e. The molecule has 1 rings (SSSR count). The number of hydrogen-bond acceptors (Lipinski definition) is 2. The van der Waals surface area contributed by atoms with Crippen molar-refractivity contribution in [1.82, 2.24) is 16.0 Å². The quantitative estimate of drug-likeness (QED) is 0.359. The van der Waals surface area contributed by atoms with Gasteiger partial charge < -0.3 is 16.0 Å². The average Bonchev–Trinajstić information content (AvgIpc) is 2.42. The van der Waals surface area contributed by atoms with Gasteiger partial charge in [0.25, 0.3) is 0 Å². The van der Waals surface area contributed by atoms with Crippen molar-refractivity contribution >= 4 is 35.8 Å². The van der Waals surface area contributed by atoms with Crippen molar-refractivity contribution in [1.29, 1.82) is 0 Å². The zero-order valence-corrected chi connectivity index (χ0v) is 17.9. The molecule has 1 fully saturated rings. The van der Waals surface area contributed by atoms with Crippen molar-refractivity contribution in [3.63, 3.8) is 0 Å². The molecule has 0 aliphatic heterocycles. The van der Waals surface area contributed by atoms with E-state index in [1.807, 2.05) is 20.8 Å². The Labute approximate surface area is 158 Å². The first-order chi connectivity index (χ1) is 10.2. The fourth-order valence-electron chi connectivity index (χ4n) is 2.94. The molecule has 0 aromatic rings. The van der Waals surface area contributed by atoms with Crippen molar-refractivity contribution < 1.29 is 4.79 Å². The number of guanidine groups is 1. The molecule has 1 aliphatic rings. The Balaban J connectivity index is 0.00000484. The maximum absolute atomic E-state index is 11.8. The van der Waals surface area contributed by atoms with E-state index in [1.54, 1.807) is 7.05 Å². The molecule has 3 N–H and O–H groups in total. The molecule has 0 aromatic heterocycles. The predicted octanol–water partition coefficient (Wildman–Crippen LogP) is 2.90. The normalized spacial score (nSPS) is 22.3. The van der Waals surface area contributed by atoms with Crippen LogP contribution in [0.15, 0.2) is 4.99 Å². The molecule has 0 spiro atoms. The lowest BCUT2D eigenvalue weighted by atomic mass is 9.80. The van der Waals surface area contributed by atoms with Gasteiger partial charge in [-0.1, -0.05) is 13.8 Å². The number of carbonyl (C=O) groups excluding carboxylic acids is 1. The summed E-state index contributed by atoms with van der Waals surface area (Å²) in [6.07, 6.45) is 4.91. The first-order valence-electron chi connectivity index (χ1n) is 8.49. The molecule has 1 amide bonds. The third kappa shape index (κ3) is 9.37. The number of rotatable bonds is 4. The summed E-state index contributed by atoms with van der Waals surface area (Å²) in [7, 11) is 1.75. The zero-order chi connectivity index (χ0) is 16.8. The molecule has 0 bridgehead atoms. The lowest BCUT2D eigenvalue weighted by molar-refractivity contribution is -0.121. The van der Waals surface area contributed by atoms with E-state index < -0.39 is 0 Å². The SMILES string of the molecule is CN=C(NCC(=O)NC(C)(C)C)NC1CCC(C(C)C)CC1.I. The Hall–Kier alpha value is -0.530. The van der Waals surface area contributed by atoms with Gasteiger partial charge in [-0.25, -0.2) is 0 Å². The molecule has 1 saturated carbocycles. The smallest absolute Gasteiger partial charge is 0.239 e. The number of hydrogen-bond donors (Lipinski definition) is 3. The minimum absolute atomic E-state index is 0. The highest BCUT2D eigenvalue weighted by atomic mass is 127. The van der Waals surface area contributed by atoms with Gasteiger partial charge in [0, 0.05) is 18.6 Å². The summed E-state index contributed by atoms with van der Waals surface area (Å²) >= 11 is 0. The first-order valence-corrected chi connectivity index (χ1v) is 8.49. The monoisotopic (exact) mass is 438 g/mol. The standard InChI is InChI=1S/C17H34N4O.HI/c1-12(2)13-7-9-14(10-8-13)20-16(18-6)19-11-15(22)21-17(3,4)5;/h12-14H,7-11H2,1-6H3,(H,21,22)(H2,18,19,20);1H. The average molecular weight is 438 g/mol. The van der Waals surface area contributed by atoms with Gasteiger partial charge in [-0.2, -0.15) is 0 Å². The van der Waals surface area contributed by atoms with Crippen LogP contribution in [-0.2, 0) is 4.79 Å². The number of nitrogens with zero attached hydrogens (tertiary/aromatic N) is 1. The highest BCUT2D eigenvalue weighted by Crippen LogP contribution is 2.29. The molecule has 136 valence electrons.